The monoisotopic (exact) mass is 339 g/mol. The Morgan fingerprint density at radius 3 is 3.00 bits per heavy atom. The van der Waals surface area contributed by atoms with Crippen LogP contribution in [0.2, 0.25) is 0 Å². The molecule has 0 aliphatic heterocycles. The van der Waals surface area contributed by atoms with Crippen molar-refractivity contribution in [2.24, 2.45) is 0 Å². The minimum absolute atomic E-state index is 0.114. The normalized spacial score (nSPS) is 11.8. The SMILES string of the molecule is CCOC(=O)c1csc([C@H](C#N)C(=O)c2cccc3cc[nH]c23)n1. The summed E-state index contributed by atoms with van der Waals surface area (Å²) in [5.41, 5.74) is 1.23. The van der Waals surface area contributed by atoms with Crippen molar-refractivity contribution >= 4 is 34.0 Å². The fourth-order valence-corrected chi connectivity index (χ4v) is 3.22. The summed E-state index contributed by atoms with van der Waals surface area (Å²) in [6, 6.07) is 9.17. The Kier molecular flexibility index (Phi) is 4.40. The summed E-state index contributed by atoms with van der Waals surface area (Å²) in [5, 5.41) is 12.1. The Hall–Kier alpha value is -2.98. The van der Waals surface area contributed by atoms with Gasteiger partial charge in [-0.25, -0.2) is 9.78 Å². The number of H-pyrrole nitrogens is 1. The molecule has 0 saturated carbocycles. The Morgan fingerprint density at radius 1 is 1.42 bits per heavy atom. The lowest BCUT2D eigenvalue weighted by Crippen LogP contribution is -2.12. The predicted molar refractivity (Wildman–Crippen MR) is 89.1 cm³/mol. The number of carbonyl (C=O) groups is 2. The number of rotatable bonds is 5. The van der Waals surface area contributed by atoms with Crippen molar-refractivity contribution in [2.45, 2.75) is 12.8 Å². The number of hydrogen-bond acceptors (Lipinski definition) is 6. The number of nitriles is 1. The summed E-state index contributed by atoms with van der Waals surface area (Å²) in [6.45, 7) is 1.94. The Balaban J connectivity index is 1.95. The molecule has 1 atom stereocenters. The fraction of sp³-hybridized carbons (Fsp3) is 0.176. The van der Waals surface area contributed by atoms with Crippen molar-refractivity contribution in [3.63, 3.8) is 0 Å². The highest BCUT2D eigenvalue weighted by atomic mass is 32.1. The smallest absolute Gasteiger partial charge is 0.357 e. The van der Waals surface area contributed by atoms with Crippen LogP contribution in [0.4, 0.5) is 0 Å². The predicted octanol–water partition coefficient (Wildman–Crippen LogP) is 3.29. The van der Waals surface area contributed by atoms with Crippen LogP contribution in [-0.2, 0) is 4.74 Å². The van der Waals surface area contributed by atoms with Gasteiger partial charge in [-0.1, -0.05) is 12.1 Å². The van der Waals surface area contributed by atoms with Crippen LogP contribution in [0.25, 0.3) is 10.9 Å². The molecule has 0 aliphatic carbocycles. The third-order valence-corrected chi connectivity index (χ3v) is 4.41. The molecule has 1 N–H and O–H groups in total. The van der Waals surface area contributed by atoms with E-state index in [9.17, 15) is 14.9 Å². The fourth-order valence-electron chi connectivity index (χ4n) is 2.39. The number of Topliss-reactive ketones (excluding diaryl/α,β-unsaturated/α-hetero) is 1. The summed E-state index contributed by atoms with van der Waals surface area (Å²) < 4.78 is 4.88. The number of hydrogen-bond donors (Lipinski definition) is 1. The largest absolute Gasteiger partial charge is 0.461 e. The summed E-state index contributed by atoms with van der Waals surface area (Å²) in [7, 11) is 0. The van der Waals surface area contributed by atoms with Crippen LogP contribution in [0.15, 0.2) is 35.8 Å². The summed E-state index contributed by atoms with van der Waals surface area (Å²) in [4.78, 5) is 31.6. The molecule has 24 heavy (non-hydrogen) atoms. The third kappa shape index (κ3) is 2.79. The van der Waals surface area contributed by atoms with Crippen molar-refractivity contribution in [3.05, 3.63) is 52.1 Å². The number of carbonyl (C=O) groups excluding carboxylic acids is 2. The Labute approximate surface area is 141 Å². The van der Waals surface area contributed by atoms with E-state index in [0.29, 0.717) is 11.1 Å². The molecule has 6 nitrogen and oxygen atoms in total. The van der Waals surface area contributed by atoms with Gasteiger partial charge in [0.05, 0.1) is 18.2 Å². The number of benzene rings is 1. The highest BCUT2D eigenvalue weighted by molar-refractivity contribution is 7.10. The van der Waals surface area contributed by atoms with Gasteiger partial charge in [0, 0.05) is 22.5 Å². The maximum absolute atomic E-state index is 12.8. The Morgan fingerprint density at radius 2 is 2.25 bits per heavy atom. The van der Waals surface area contributed by atoms with E-state index in [0.717, 1.165) is 16.7 Å². The molecule has 0 fully saturated rings. The number of nitrogens with one attached hydrogen (secondary N) is 1. The van der Waals surface area contributed by atoms with Gasteiger partial charge in [0.25, 0.3) is 0 Å². The van der Waals surface area contributed by atoms with Crippen LogP contribution in [0.3, 0.4) is 0 Å². The highest BCUT2D eigenvalue weighted by Crippen LogP contribution is 2.27. The second kappa shape index (κ2) is 6.64. The molecule has 0 saturated heterocycles. The second-order valence-electron chi connectivity index (χ2n) is 4.97. The molecule has 3 rings (SSSR count). The number of esters is 1. The van der Waals surface area contributed by atoms with E-state index in [4.69, 9.17) is 4.74 Å². The number of aromatic amines is 1. The average molecular weight is 339 g/mol. The molecule has 2 aromatic heterocycles. The van der Waals surface area contributed by atoms with Crippen molar-refractivity contribution in [1.29, 1.82) is 5.26 Å². The first kappa shape index (κ1) is 15.9. The summed E-state index contributed by atoms with van der Waals surface area (Å²) in [6.07, 6.45) is 1.74. The molecular weight excluding hydrogens is 326 g/mol. The number of fused-ring (bicyclic) bond motifs is 1. The van der Waals surface area contributed by atoms with E-state index in [1.807, 2.05) is 18.2 Å². The number of para-hydroxylation sites is 1. The summed E-state index contributed by atoms with van der Waals surface area (Å²) >= 11 is 1.10. The first-order valence-corrected chi connectivity index (χ1v) is 8.16. The minimum Gasteiger partial charge on any atom is -0.461 e. The van der Waals surface area contributed by atoms with Crippen LogP contribution in [-0.4, -0.2) is 28.3 Å². The van der Waals surface area contributed by atoms with Crippen molar-refractivity contribution < 1.29 is 14.3 Å². The van der Waals surface area contributed by atoms with Gasteiger partial charge in [-0.15, -0.1) is 11.3 Å². The van der Waals surface area contributed by atoms with Gasteiger partial charge in [0.1, 0.15) is 5.01 Å². The highest BCUT2D eigenvalue weighted by Gasteiger charge is 2.27. The van der Waals surface area contributed by atoms with Crippen LogP contribution in [0.1, 0.15) is 38.7 Å². The van der Waals surface area contributed by atoms with Gasteiger partial charge in [-0.2, -0.15) is 5.26 Å². The first-order valence-electron chi connectivity index (χ1n) is 7.28. The Bertz CT molecular complexity index is 951. The van der Waals surface area contributed by atoms with E-state index >= 15 is 0 Å². The lowest BCUT2D eigenvalue weighted by atomic mass is 9.98. The summed E-state index contributed by atoms with van der Waals surface area (Å²) in [5.74, 6) is -1.97. The zero-order valence-electron chi connectivity index (χ0n) is 12.8. The van der Waals surface area contributed by atoms with Crippen molar-refractivity contribution in [1.82, 2.24) is 9.97 Å². The van der Waals surface area contributed by atoms with Gasteiger partial charge in [0.2, 0.25) is 0 Å². The zero-order valence-corrected chi connectivity index (χ0v) is 13.6. The number of aromatic nitrogens is 2. The zero-order chi connectivity index (χ0) is 17.1. The van der Waals surface area contributed by atoms with Gasteiger partial charge in [0.15, 0.2) is 17.4 Å². The van der Waals surface area contributed by atoms with Crippen molar-refractivity contribution in [3.8, 4) is 6.07 Å². The third-order valence-electron chi connectivity index (χ3n) is 3.50. The lowest BCUT2D eigenvalue weighted by Gasteiger charge is -2.06. The number of ketones is 1. The van der Waals surface area contributed by atoms with Crippen LogP contribution >= 0.6 is 11.3 Å². The van der Waals surface area contributed by atoms with Crippen molar-refractivity contribution in [2.75, 3.05) is 6.61 Å². The topological polar surface area (TPSA) is 95.8 Å². The molecule has 3 aromatic rings. The maximum Gasteiger partial charge on any atom is 0.357 e. The number of ether oxygens (including phenoxy) is 1. The van der Waals surface area contributed by atoms with Crippen LogP contribution in [0.5, 0.6) is 0 Å². The quantitative estimate of drug-likeness (QED) is 0.568. The van der Waals surface area contributed by atoms with Crippen LogP contribution < -0.4 is 0 Å². The molecule has 7 heteroatoms. The molecule has 0 bridgehead atoms. The molecule has 120 valence electrons. The number of thiazole rings is 1. The minimum atomic E-state index is -1.06. The standard InChI is InChI=1S/C17H13N3O3S/c1-2-23-17(22)13-9-24-16(20-13)12(8-18)15(21)11-5-3-4-10-6-7-19-14(10)11/h3-7,9,12,19H,2H2,1H3/t12-/m1/s1. The second-order valence-corrected chi connectivity index (χ2v) is 5.85. The number of nitrogens with zero attached hydrogens (tertiary/aromatic N) is 2. The molecule has 1 aromatic carbocycles. The molecule has 0 amide bonds. The van der Waals surface area contributed by atoms with Crippen LogP contribution in [0, 0.1) is 11.3 Å². The molecule has 0 radical (unpaired) electrons. The van der Waals surface area contributed by atoms with Gasteiger partial charge < -0.3 is 9.72 Å². The molecule has 0 spiro atoms. The molecule has 0 aliphatic rings. The van der Waals surface area contributed by atoms with E-state index in [-0.39, 0.29) is 23.1 Å². The first-order chi connectivity index (χ1) is 11.7. The molecule has 2 heterocycles. The van der Waals surface area contributed by atoms with E-state index in [1.165, 1.54) is 5.38 Å². The maximum atomic E-state index is 12.8. The van der Waals surface area contributed by atoms with Gasteiger partial charge >= 0.3 is 5.97 Å². The average Bonchev–Trinajstić information content (AvgIpc) is 3.24. The van der Waals surface area contributed by atoms with Gasteiger partial charge in [-0.05, 0) is 19.1 Å². The van der Waals surface area contributed by atoms with E-state index in [2.05, 4.69) is 9.97 Å². The van der Waals surface area contributed by atoms with E-state index < -0.39 is 11.9 Å². The van der Waals surface area contributed by atoms with Gasteiger partial charge in [-0.3, -0.25) is 4.79 Å². The molecular formula is C17H13N3O3S. The van der Waals surface area contributed by atoms with E-state index in [1.54, 1.807) is 25.3 Å². The molecule has 0 unspecified atom stereocenters. The lowest BCUT2D eigenvalue weighted by molar-refractivity contribution is 0.0519.